The van der Waals surface area contributed by atoms with Crippen LogP contribution in [0.3, 0.4) is 0 Å². The Hall–Kier alpha value is -2.38. The Kier molecular flexibility index (Phi) is 6.08. The van der Waals surface area contributed by atoms with Gasteiger partial charge in [-0.25, -0.2) is 8.42 Å². The van der Waals surface area contributed by atoms with E-state index in [1.54, 1.807) is 18.2 Å². The first-order valence-corrected chi connectivity index (χ1v) is 12.4. The molecule has 166 valence electrons. The molecule has 0 aliphatic carbocycles. The summed E-state index contributed by atoms with van der Waals surface area (Å²) in [6.45, 7) is 7.07. The highest BCUT2D eigenvalue weighted by atomic mass is 32.2. The normalized spacial score (nSPS) is 20.0. The van der Waals surface area contributed by atoms with Crippen LogP contribution in [0.2, 0.25) is 0 Å². The van der Waals surface area contributed by atoms with Gasteiger partial charge < -0.3 is 9.64 Å². The highest BCUT2D eigenvalue weighted by Crippen LogP contribution is 2.35. The minimum Gasteiger partial charge on any atom is -0.494 e. The summed E-state index contributed by atoms with van der Waals surface area (Å²) >= 11 is 0. The van der Waals surface area contributed by atoms with Crippen LogP contribution >= 0.6 is 0 Å². The van der Waals surface area contributed by atoms with Crippen LogP contribution in [0.5, 0.6) is 5.75 Å². The molecule has 2 aromatic rings. The first-order chi connectivity index (χ1) is 14.8. The minimum absolute atomic E-state index is 0.117. The smallest absolute Gasteiger partial charge is 0.243 e. The van der Waals surface area contributed by atoms with E-state index in [-0.39, 0.29) is 22.8 Å². The molecule has 1 atom stereocenters. The number of hydrogen-bond donors (Lipinski definition) is 0. The first kappa shape index (κ1) is 21.8. The van der Waals surface area contributed by atoms with Gasteiger partial charge in [-0.3, -0.25) is 4.79 Å². The van der Waals surface area contributed by atoms with E-state index >= 15 is 0 Å². The van der Waals surface area contributed by atoms with Crippen molar-refractivity contribution in [1.82, 2.24) is 4.31 Å². The molecule has 1 fully saturated rings. The molecule has 0 unspecified atom stereocenters. The van der Waals surface area contributed by atoms with Gasteiger partial charge in [0.05, 0.1) is 11.5 Å². The molecule has 1 saturated heterocycles. The third-order valence-corrected chi connectivity index (χ3v) is 8.23. The van der Waals surface area contributed by atoms with Gasteiger partial charge in [0.15, 0.2) is 0 Å². The van der Waals surface area contributed by atoms with Crippen molar-refractivity contribution in [2.24, 2.45) is 5.92 Å². The lowest BCUT2D eigenvalue weighted by atomic mass is 9.96. The van der Waals surface area contributed by atoms with Gasteiger partial charge in [-0.1, -0.05) is 18.2 Å². The van der Waals surface area contributed by atoms with Crippen LogP contribution in [0.25, 0.3) is 0 Å². The number of fused-ring (bicyclic) bond motifs is 1. The molecule has 0 aromatic heterocycles. The van der Waals surface area contributed by atoms with E-state index in [2.05, 4.69) is 13.0 Å². The van der Waals surface area contributed by atoms with Crippen molar-refractivity contribution >= 4 is 21.6 Å². The lowest BCUT2D eigenvalue weighted by Gasteiger charge is -2.34. The maximum Gasteiger partial charge on any atom is 0.243 e. The number of hydrogen-bond acceptors (Lipinski definition) is 4. The number of anilines is 1. The zero-order valence-corrected chi connectivity index (χ0v) is 19.2. The van der Waals surface area contributed by atoms with Crippen molar-refractivity contribution in [2.45, 2.75) is 51.0 Å². The zero-order valence-electron chi connectivity index (χ0n) is 18.4. The second-order valence-corrected chi connectivity index (χ2v) is 10.4. The van der Waals surface area contributed by atoms with Crippen LogP contribution in [-0.4, -0.2) is 44.4 Å². The number of nitrogens with zero attached hydrogens (tertiary/aromatic N) is 2. The Labute approximate surface area is 184 Å². The molecule has 0 spiro atoms. The van der Waals surface area contributed by atoms with Crippen LogP contribution in [-0.2, 0) is 21.2 Å². The predicted molar refractivity (Wildman–Crippen MR) is 121 cm³/mol. The number of aryl methyl sites for hydroxylation is 1. The van der Waals surface area contributed by atoms with Crippen molar-refractivity contribution in [2.75, 3.05) is 24.6 Å². The third-order valence-electron chi connectivity index (χ3n) is 6.33. The molecule has 2 aromatic carbocycles. The average Bonchev–Trinajstić information content (AvgIpc) is 3.10. The van der Waals surface area contributed by atoms with Gasteiger partial charge in [0.2, 0.25) is 15.9 Å². The zero-order chi connectivity index (χ0) is 22.2. The van der Waals surface area contributed by atoms with Crippen molar-refractivity contribution in [3.8, 4) is 5.75 Å². The Morgan fingerprint density at radius 2 is 1.84 bits per heavy atom. The summed E-state index contributed by atoms with van der Waals surface area (Å²) in [7, 11) is -3.59. The van der Waals surface area contributed by atoms with Gasteiger partial charge in [0.25, 0.3) is 0 Å². The fourth-order valence-electron chi connectivity index (χ4n) is 4.69. The van der Waals surface area contributed by atoms with E-state index < -0.39 is 10.0 Å². The molecule has 2 aliphatic heterocycles. The number of benzene rings is 2. The average molecular weight is 443 g/mol. The van der Waals surface area contributed by atoms with Crippen molar-refractivity contribution in [1.29, 1.82) is 0 Å². The van der Waals surface area contributed by atoms with Crippen LogP contribution in [0.15, 0.2) is 47.4 Å². The molecule has 1 amide bonds. The van der Waals surface area contributed by atoms with E-state index in [1.807, 2.05) is 36.9 Å². The molecule has 7 heteroatoms. The summed E-state index contributed by atoms with van der Waals surface area (Å²) in [6, 6.07) is 13.2. The van der Waals surface area contributed by atoms with Gasteiger partial charge in [0, 0.05) is 30.7 Å². The lowest BCUT2D eigenvalue weighted by molar-refractivity contribution is -0.123. The molecule has 0 radical (unpaired) electrons. The van der Waals surface area contributed by atoms with Crippen LogP contribution in [0.1, 0.15) is 37.8 Å². The molecule has 2 aliphatic rings. The van der Waals surface area contributed by atoms with E-state index in [9.17, 15) is 13.2 Å². The third kappa shape index (κ3) is 4.08. The topological polar surface area (TPSA) is 66.9 Å². The quantitative estimate of drug-likeness (QED) is 0.707. The minimum atomic E-state index is -3.59. The van der Waals surface area contributed by atoms with Crippen LogP contribution in [0.4, 0.5) is 5.69 Å². The lowest BCUT2D eigenvalue weighted by Crippen LogP contribution is -2.46. The number of ether oxygens (including phenoxy) is 1. The number of sulfonamides is 1. The Balaban J connectivity index is 1.45. The maximum atomic E-state index is 13.3. The molecule has 31 heavy (non-hydrogen) atoms. The summed E-state index contributed by atoms with van der Waals surface area (Å²) < 4.78 is 33.3. The van der Waals surface area contributed by atoms with Gasteiger partial charge in [-0.15, -0.1) is 0 Å². The van der Waals surface area contributed by atoms with Crippen LogP contribution < -0.4 is 9.64 Å². The monoisotopic (exact) mass is 442 g/mol. The van der Waals surface area contributed by atoms with Gasteiger partial charge in [0.1, 0.15) is 5.75 Å². The molecule has 6 nitrogen and oxygen atoms in total. The summed E-state index contributed by atoms with van der Waals surface area (Å²) in [5, 5.41) is 0. The molecule has 0 bridgehead atoms. The number of amides is 1. The highest BCUT2D eigenvalue weighted by Gasteiger charge is 2.38. The standard InChI is InChI=1S/C24H30N2O4S/c1-4-30-23-10-9-21(15-17(23)2)31(28,29)25-13-11-19(12-14-25)24(27)26-18(3)16-20-7-5-6-8-22(20)26/h5-10,15,18-19H,4,11-14,16H2,1-3H3/t18-/m1/s1. The number of carbonyl (C=O) groups is 1. The number of carbonyl (C=O) groups excluding carboxylic acids is 1. The highest BCUT2D eigenvalue weighted by molar-refractivity contribution is 7.89. The Morgan fingerprint density at radius 1 is 1.13 bits per heavy atom. The summed E-state index contributed by atoms with van der Waals surface area (Å²) in [5.41, 5.74) is 3.00. The second-order valence-electron chi connectivity index (χ2n) is 8.43. The molecule has 0 N–H and O–H groups in total. The Bertz CT molecular complexity index is 1070. The summed E-state index contributed by atoms with van der Waals surface area (Å²) in [5.74, 6) is 0.666. The van der Waals surface area contributed by atoms with Gasteiger partial charge in [-0.05, 0) is 75.4 Å². The molecular formula is C24H30N2O4S. The van der Waals surface area contributed by atoms with Crippen molar-refractivity contribution in [3.63, 3.8) is 0 Å². The predicted octanol–water partition coefficient (Wildman–Crippen LogP) is 3.77. The maximum absolute atomic E-state index is 13.3. The number of para-hydroxylation sites is 1. The van der Waals surface area contributed by atoms with Crippen LogP contribution in [0, 0.1) is 12.8 Å². The second kappa shape index (κ2) is 8.63. The summed E-state index contributed by atoms with van der Waals surface area (Å²) in [4.78, 5) is 15.5. The first-order valence-electron chi connectivity index (χ1n) is 11.0. The van der Waals surface area contributed by atoms with E-state index in [0.717, 1.165) is 17.7 Å². The fourth-order valence-corrected chi connectivity index (χ4v) is 6.25. The molecule has 4 rings (SSSR count). The van der Waals surface area contributed by atoms with Crippen molar-refractivity contribution < 1.29 is 17.9 Å². The fraction of sp³-hybridized carbons (Fsp3) is 0.458. The Morgan fingerprint density at radius 3 is 2.52 bits per heavy atom. The van der Waals surface area contributed by atoms with E-state index in [1.165, 1.54) is 9.87 Å². The van der Waals surface area contributed by atoms with Crippen molar-refractivity contribution in [3.05, 3.63) is 53.6 Å². The molecule has 2 heterocycles. The summed E-state index contributed by atoms with van der Waals surface area (Å²) in [6.07, 6.45) is 1.95. The molecule has 0 saturated carbocycles. The molecular weight excluding hydrogens is 412 g/mol. The largest absolute Gasteiger partial charge is 0.494 e. The number of piperidine rings is 1. The van der Waals surface area contributed by atoms with Gasteiger partial charge >= 0.3 is 0 Å². The number of rotatable bonds is 5. The van der Waals surface area contributed by atoms with E-state index in [0.29, 0.717) is 38.3 Å². The van der Waals surface area contributed by atoms with E-state index in [4.69, 9.17) is 4.74 Å². The van der Waals surface area contributed by atoms with Gasteiger partial charge in [-0.2, -0.15) is 4.31 Å². The SMILES string of the molecule is CCOc1ccc(S(=O)(=O)N2CCC(C(=O)N3c4ccccc4C[C@H]3C)CC2)cc1C.